The minimum atomic E-state index is -4.56. The van der Waals surface area contributed by atoms with Crippen molar-refractivity contribution in [3.05, 3.63) is 72.5 Å². The van der Waals surface area contributed by atoms with E-state index in [0.29, 0.717) is 11.4 Å². The van der Waals surface area contributed by atoms with Crippen LogP contribution in [0.4, 0.5) is 24.5 Å². The number of halogens is 3. The van der Waals surface area contributed by atoms with E-state index < -0.39 is 29.5 Å². The number of alkyl halides is 3. The molecular formula is C22H16F3N3O3. The van der Waals surface area contributed by atoms with E-state index in [0.717, 1.165) is 22.7 Å². The van der Waals surface area contributed by atoms with Crippen molar-refractivity contribution < 1.29 is 27.2 Å². The van der Waals surface area contributed by atoms with Gasteiger partial charge >= 0.3 is 6.18 Å². The first-order valence-electron chi connectivity index (χ1n) is 9.25. The molecule has 158 valence electrons. The zero-order valence-corrected chi connectivity index (χ0v) is 16.2. The van der Waals surface area contributed by atoms with Gasteiger partial charge in [-0.05, 0) is 49.4 Å². The molecule has 0 saturated heterocycles. The number of nitrogens with zero attached hydrogens (tertiary/aromatic N) is 2. The van der Waals surface area contributed by atoms with Crippen LogP contribution in [0.15, 0.2) is 76.4 Å². The Morgan fingerprint density at radius 3 is 2.58 bits per heavy atom. The molecule has 1 N–H and O–H groups in total. The van der Waals surface area contributed by atoms with E-state index in [1.807, 2.05) is 0 Å². The molecule has 0 radical (unpaired) electrons. The lowest BCUT2D eigenvalue weighted by molar-refractivity contribution is -0.137. The molecule has 2 aromatic carbocycles. The third-order valence-corrected chi connectivity index (χ3v) is 4.75. The molecule has 2 amide bonds. The van der Waals surface area contributed by atoms with Crippen LogP contribution in [0.1, 0.15) is 12.5 Å². The predicted molar refractivity (Wildman–Crippen MR) is 108 cm³/mol. The van der Waals surface area contributed by atoms with Crippen LogP contribution in [-0.2, 0) is 15.8 Å². The molecule has 0 bridgehead atoms. The van der Waals surface area contributed by atoms with Gasteiger partial charge in [-0.2, -0.15) is 23.3 Å². The lowest BCUT2D eigenvalue weighted by atomic mass is 10.0. The Kier molecular flexibility index (Phi) is 5.10. The van der Waals surface area contributed by atoms with Gasteiger partial charge in [0.15, 0.2) is 5.92 Å². The highest BCUT2D eigenvalue weighted by Crippen LogP contribution is 2.33. The molecule has 1 unspecified atom stereocenters. The van der Waals surface area contributed by atoms with Gasteiger partial charge in [0.05, 0.1) is 23.2 Å². The normalized spacial score (nSPS) is 16.4. The van der Waals surface area contributed by atoms with Gasteiger partial charge < -0.3 is 9.73 Å². The highest BCUT2D eigenvalue weighted by molar-refractivity contribution is 6.28. The van der Waals surface area contributed by atoms with E-state index in [1.54, 1.807) is 36.4 Å². The van der Waals surface area contributed by atoms with Crippen LogP contribution >= 0.6 is 0 Å². The van der Waals surface area contributed by atoms with Crippen LogP contribution in [0.25, 0.3) is 11.3 Å². The van der Waals surface area contributed by atoms with Crippen molar-refractivity contribution in [2.45, 2.75) is 13.1 Å². The zero-order chi connectivity index (χ0) is 22.2. The Morgan fingerprint density at radius 2 is 1.87 bits per heavy atom. The van der Waals surface area contributed by atoms with Crippen LogP contribution in [0.3, 0.4) is 0 Å². The summed E-state index contributed by atoms with van der Waals surface area (Å²) in [6, 6.07) is 14.6. The number of furan rings is 1. The Hall–Kier alpha value is -3.88. The molecule has 3 aromatic rings. The highest BCUT2D eigenvalue weighted by Gasteiger charge is 2.40. The van der Waals surface area contributed by atoms with E-state index in [1.165, 1.54) is 25.3 Å². The summed E-state index contributed by atoms with van der Waals surface area (Å²) < 4.78 is 44.3. The lowest BCUT2D eigenvalue weighted by Gasteiger charge is -2.16. The molecule has 1 aromatic heterocycles. The molecule has 4 rings (SSSR count). The topological polar surface area (TPSA) is 74.9 Å². The maximum Gasteiger partial charge on any atom is 0.416 e. The number of hydrogen-bond donors (Lipinski definition) is 1. The zero-order valence-electron chi connectivity index (χ0n) is 16.2. The summed E-state index contributed by atoms with van der Waals surface area (Å²) in [6.07, 6.45) is -3.03. The average molecular weight is 427 g/mol. The average Bonchev–Trinajstić information content (AvgIpc) is 3.36. The van der Waals surface area contributed by atoms with E-state index in [-0.39, 0.29) is 11.4 Å². The minimum Gasteiger partial charge on any atom is -0.464 e. The predicted octanol–water partition coefficient (Wildman–Crippen LogP) is 4.94. The lowest BCUT2D eigenvalue weighted by Crippen LogP contribution is -2.36. The van der Waals surface area contributed by atoms with Gasteiger partial charge in [0, 0.05) is 11.3 Å². The Morgan fingerprint density at radius 1 is 1.10 bits per heavy atom. The van der Waals surface area contributed by atoms with Crippen molar-refractivity contribution in [3.63, 3.8) is 0 Å². The number of hydrogen-bond acceptors (Lipinski definition) is 4. The van der Waals surface area contributed by atoms with Crippen LogP contribution in [0, 0.1) is 5.92 Å². The summed E-state index contributed by atoms with van der Waals surface area (Å²) in [4.78, 5) is 25.6. The van der Waals surface area contributed by atoms with Crippen molar-refractivity contribution in [2.24, 2.45) is 11.0 Å². The molecule has 1 aliphatic heterocycles. The van der Waals surface area contributed by atoms with Crippen LogP contribution in [-0.4, -0.2) is 17.5 Å². The van der Waals surface area contributed by atoms with Crippen molar-refractivity contribution in [3.8, 4) is 11.3 Å². The van der Waals surface area contributed by atoms with E-state index >= 15 is 0 Å². The van der Waals surface area contributed by atoms with Crippen LogP contribution < -0.4 is 10.3 Å². The Bertz CT molecular complexity index is 1170. The molecule has 0 fully saturated rings. The fraction of sp³-hybridized carbons (Fsp3) is 0.136. The standard InChI is InChI=1S/C22H16F3N3O3/c1-13-19(20(29)26-16-7-2-5-14(11-16)18-9-4-10-31-18)21(30)28(27-13)17-8-3-6-15(12-17)22(23,24)25/h2-12,19H,1H3,(H,26,29). The number of carbonyl (C=O) groups excluding carboxylic acids is 2. The number of anilines is 2. The number of benzene rings is 2. The maximum atomic E-state index is 13.0. The molecule has 0 aliphatic carbocycles. The van der Waals surface area contributed by atoms with Gasteiger partial charge in [-0.15, -0.1) is 0 Å². The van der Waals surface area contributed by atoms with Crippen molar-refractivity contribution in [1.29, 1.82) is 0 Å². The third kappa shape index (κ3) is 4.07. The molecule has 1 atom stereocenters. The quantitative estimate of drug-likeness (QED) is 0.599. The smallest absolute Gasteiger partial charge is 0.416 e. The summed E-state index contributed by atoms with van der Waals surface area (Å²) >= 11 is 0. The van der Waals surface area contributed by atoms with E-state index in [4.69, 9.17) is 4.42 Å². The largest absolute Gasteiger partial charge is 0.464 e. The third-order valence-electron chi connectivity index (χ3n) is 4.75. The monoisotopic (exact) mass is 427 g/mol. The Balaban J connectivity index is 1.54. The van der Waals surface area contributed by atoms with Gasteiger partial charge in [-0.25, -0.2) is 0 Å². The number of nitrogens with one attached hydrogen (secondary N) is 1. The maximum absolute atomic E-state index is 13.0. The minimum absolute atomic E-state index is 0.0608. The van der Waals surface area contributed by atoms with E-state index in [2.05, 4.69) is 10.4 Å². The summed E-state index contributed by atoms with van der Waals surface area (Å²) in [6.45, 7) is 1.48. The summed E-state index contributed by atoms with van der Waals surface area (Å²) in [7, 11) is 0. The van der Waals surface area contributed by atoms with Gasteiger partial charge in [-0.1, -0.05) is 18.2 Å². The highest BCUT2D eigenvalue weighted by atomic mass is 19.4. The fourth-order valence-electron chi connectivity index (χ4n) is 3.27. The van der Waals surface area contributed by atoms with Gasteiger partial charge in [0.1, 0.15) is 5.76 Å². The fourth-order valence-corrected chi connectivity index (χ4v) is 3.27. The molecule has 0 spiro atoms. The number of amides is 2. The Labute approximate surface area is 175 Å². The first kappa shape index (κ1) is 20.4. The SMILES string of the molecule is CC1=NN(c2cccc(C(F)(F)F)c2)C(=O)C1C(=O)Nc1cccc(-c2ccco2)c1. The van der Waals surface area contributed by atoms with Crippen LogP contribution in [0.5, 0.6) is 0 Å². The van der Waals surface area contributed by atoms with E-state index in [9.17, 15) is 22.8 Å². The molecular weight excluding hydrogens is 411 g/mol. The summed E-state index contributed by atoms with van der Waals surface area (Å²) in [5.74, 6) is -1.99. The van der Waals surface area contributed by atoms with Gasteiger partial charge in [0.25, 0.3) is 5.91 Å². The second-order valence-electron chi connectivity index (χ2n) is 6.92. The second-order valence-corrected chi connectivity index (χ2v) is 6.92. The van der Waals surface area contributed by atoms with Crippen molar-refractivity contribution in [1.82, 2.24) is 0 Å². The summed E-state index contributed by atoms with van der Waals surface area (Å²) in [5, 5.41) is 7.52. The molecule has 31 heavy (non-hydrogen) atoms. The molecule has 2 heterocycles. The number of hydrazone groups is 1. The number of rotatable bonds is 4. The van der Waals surface area contributed by atoms with Gasteiger partial charge in [-0.3, -0.25) is 9.59 Å². The first-order valence-corrected chi connectivity index (χ1v) is 9.25. The van der Waals surface area contributed by atoms with Crippen LogP contribution in [0.2, 0.25) is 0 Å². The number of carbonyl (C=O) groups is 2. The molecule has 1 aliphatic rings. The summed E-state index contributed by atoms with van der Waals surface area (Å²) in [5.41, 5.74) is 0.387. The van der Waals surface area contributed by atoms with Crippen molar-refractivity contribution in [2.75, 3.05) is 10.3 Å². The molecule has 9 heteroatoms. The second kappa shape index (κ2) is 7.75. The van der Waals surface area contributed by atoms with Crippen molar-refractivity contribution >= 4 is 28.9 Å². The molecule has 6 nitrogen and oxygen atoms in total. The van der Waals surface area contributed by atoms with Gasteiger partial charge in [0.2, 0.25) is 5.91 Å². The molecule has 0 saturated carbocycles. The first-order chi connectivity index (χ1) is 14.7.